The van der Waals surface area contributed by atoms with Gasteiger partial charge >= 0.3 is 0 Å². The Morgan fingerprint density at radius 1 is 1.17 bits per heavy atom. The molecule has 1 amide bonds. The third-order valence-electron chi connectivity index (χ3n) is 3.71. The Kier molecular flexibility index (Phi) is 6.78. The van der Waals surface area contributed by atoms with Crippen molar-refractivity contribution in [1.29, 1.82) is 0 Å². The van der Waals surface area contributed by atoms with Gasteiger partial charge in [-0.3, -0.25) is 9.69 Å². The molecule has 0 unspecified atom stereocenters. The van der Waals surface area contributed by atoms with E-state index in [2.05, 4.69) is 5.32 Å². The van der Waals surface area contributed by atoms with E-state index in [9.17, 15) is 9.90 Å². The second kappa shape index (κ2) is 9.05. The highest BCUT2D eigenvalue weighted by Crippen LogP contribution is 2.19. The lowest BCUT2D eigenvalue weighted by Gasteiger charge is -2.22. The predicted octanol–water partition coefficient (Wildman–Crippen LogP) is 2.44. The van der Waals surface area contributed by atoms with E-state index in [4.69, 9.17) is 4.74 Å². The van der Waals surface area contributed by atoms with Crippen molar-refractivity contribution >= 4 is 11.6 Å². The van der Waals surface area contributed by atoms with Crippen LogP contribution in [-0.2, 0) is 11.3 Å². The molecule has 24 heavy (non-hydrogen) atoms. The standard InChI is InChI=1S/C19H24N2O3/c1-15-7-9-17(10-8-15)20-19(23)14-21(11-12-22)13-16-5-3-4-6-18(16)24-2/h3-10,22H,11-14H2,1-2H3,(H,20,23). The molecule has 5 heteroatoms. The highest BCUT2D eigenvalue weighted by molar-refractivity contribution is 5.92. The van der Waals surface area contributed by atoms with Crippen LogP contribution in [0.25, 0.3) is 0 Å². The number of carbonyl (C=O) groups excluding carboxylic acids is 1. The number of rotatable bonds is 8. The number of benzene rings is 2. The molecular weight excluding hydrogens is 304 g/mol. The first-order valence-electron chi connectivity index (χ1n) is 7.94. The molecule has 0 fully saturated rings. The Labute approximate surface area is 142 Å². The smallest absolute Gasteiger partial charge is 0.238 e. The lowest BCUT2D eigenvalue weighted by molar-refractivity contribution is -0.117. The average molecular weight is 328 g/mol. The van der Waals surface area contributed by atoms with Crippen LogP contribution in [0.4, 0.5) is 5.69 Å². The molecule has 0 bridgehead atoms. The number of nitrogens with zero attached hydrogens (tertiary/aromatic N) is 1. The SMILES string of the molecule is COc1ccccc1CN(CCO)CC(=O)Nc1ccc(C)cc1. The van der Waals surface area contributed by atoms with Gasteiger partial charge in [0.1, 0.15) is 5.75 Å². The van der Waals surface area contributed by atoms with E-state index < -0.39 is 0 Å². The van der Waals surface area contributed by atoms with Gasteiger partial charge in [0.25, 0.3) is 0 Å². The molecule has 0 radical (unpaired) electrons. The van der Waals surface area contributed by atoms with Gasteiger partial charge in [0, 0.05) is 24.3 Å². The van der Waals surface area contributed by atoms with Crippen molar-refractivity contribution in [3.05, 3.63) is 59.7 Å². The Bertz CT molecular complexity index is 656. The summed E-state index contributed by atoms with van der Waals surface area (Å²) >= 11 is 0. The van der Waals surface area contributed by atoms with Crippen LogP contribution in [0.3, 0.4) is 0 Å². The van der Waals surface area contributed by atoms with E-state index in [1.54, 1.807) is 7.11 Å². The van der Waals surface area contributed by atoms with Gasteiger partial charge < -0.3 is 15.2 Å². The van der Waals surface area contributed by atoms with Crippen LogP contribution in [0.5, 0.6) is 5.75 Å². The van der Waals surface area contributed by atoms with Crippen LogP contribution in [0, 0.1) is 6.92 Å². The Hall–Kier alpha value is -2.37. The minimum atomic E-state index is -0.109. The van der Waals surface area contributed by atoms with Crippen LogP contribution in [0.1, 0.15) is 11.1 Å². The minimum absolute atomic E-state index is 0.00698. The number of para-hydroxylation sites is 1. The number of anilines is 1. The summed E-state index contributed by atoms with van der Waals surface area (Å²) in [6.45, 7) is 3.15. The third-order valence-corrected chi connectivity index (χ3v) is 3.71. The second-order valence-corrected chi connectivity index (χ2v) is 5.66. The number of aryl methyl sites for hydroxylation is 1. The van der Waals surface area contributed by atoms with E-state index in [0.717, 1.165) is 22.6 Å². The molecule has 0 aliphatic carbocycles. The van der Waals surface area contributed by atoms with Crippen molar-refractivity contribution in [2.75, 3.05) is 32.1 Å². The molecule has 0 saturated heterocycles. The molecule has 0 spiro atoms. The number of aliphatic hydroxyl groups excluding tert-OH is 1. The normalized spacial score (nSPS) is 10.7. The lowest BCUT2D eigenvalue weighted by atomic mass is 10.2. The Morgan fingerprint density at radius 3 is 2.54 bits per heavy atom. The predicted molar refractivity (Wildman–Crippen MR) is 95.2 cm³/mol. The zero-order valence-corrected chi connectivity index (χ0v) is 14.2. The zero-order valence-electron chi connectivity index (χ0n) is 14.2. The van der Waals surface area contributed by atoms with E-state index in [0.29, 0.717) is 13.1 Å². The maximum atomic E-state index is 12.3. The Morgan fingerprint density at radius 2 is 1.88 bits per heavy atom. The van der Waals surface area contributed by atoms with Gasteiger partial charge in [-0.2, -0.15) is 0 Å². The van der Waals surface area contributed by atoms with E-state index in [1.807, 2.05) is 60.4 Å². The number of nitrogens with one attached hydrogen (secondary N) is 1. The fourth-order valence-electron chi connectivity index (χ4n) is 2.47. The molecule has 2 aromatic rings. The molecule has 2 N–H and O–H groups in total. The summed E-state index contributed by atoms with van der Waals surface area (Å²) in [7, 11) is 1.62. The van der Waals surface area contributed by atoms with Gasteiger partial charge in [0.05, 0.1) is 20.3 Å². The van der Waals surface area contributed by atoms with Crippen molar-refractivity contribution in [1.82, 2.24) is 4.90 Å². The fourth-order valence-corrected chi connectivity index (χ4v) is 2.47. The number of hydrogen-bond donors (Lipinski definition) is 2. The topological polar surface area (TPSA) is 61.8 Å². The highest BCUT2D eigenvalue weighted by Gasteiger charge is 2.13. The van der Waals surface area contributed by atoms with Crippen molar-refractivity contribution in [3.63, 3.8) is 0 Å². The van der Waals surface area contributed by atoms with Gasteiger partial charge in [-0.25, -0.2) is 0 Å². The van der Waals surface area contributed by atoms with Crippen molar-refractivity contribution in [3.8, 4) is 5.75 Å². The van der Waals surface area contributed by atoms with Gasteiger partial charge in [-0.1, -0.05) is 35.9 Å². The largest absolute Gasteiger partial charge is 0.496 e. The van der Waals surface area contributed by atoms with E-state index >= 15 is 0 Å². The Balaban J connectivity index is 1.99. The molecule has 0 atom stereocenters. The second-order valence-electron chi connectivity index (χ2n) is 5.66. The maximum absolute atomic E-state index is 12.3. The first kappa shape index (κ1) is 18.0. The maximum Gasteiger partial charge on any atom is 0.238 e. The zero-order chi connectivity index (χ0) is 17.4. The number of hydrogen-bond acceptors (Lipinski definition) is 4. The molecule has 0 aromatic heterocycles. The van der Waals surface area contributed by atoms with E-state index in [1.165, 1.54) is 0 Å². The summed E-state index contributed by atoms with van der Waals surface area (Å²) in [5.41, 5.74) is 2.90. The number of carbonyl (C=O) groups is 1. The van der Waals surface area contributed by atoms with Gasteiger partial charge in [-0.05, 0) is 25.1 Å². The minimum Gasteiger partial charge on any atom is -0.496 e. The molecule has 0 aliphatic rings. The van der Waals surface area contributed by atoms with Crippen LogP contribution in [0.2, 0.25) is 0 Å². The first-order chi connectivity index (χ1) is 11.6. The molecule has 2 aromatic carbocycles. The van der Waals surface area contributed by atoms with Crippen molar-refractivity contribution in [2.45, 2.75) is 13.5 Å². The summed E-state index contributed by atoms with van der Waals surface area (Å²) in [6, 6.07) is 15.4. The van der Waals surface area contributed by atoms with Crippen LogP contribution < -0.4 is 10.1 Å². The quantitative estimate of drug-likeness (QED) is 0.781. The summed E-state index contributed by atoms with van der Waals surface area (Å²) in [4.78, 5) is 14.2. The molecular formula is C19H24N2O3. The molecule has 128 valence electrons. The average Bonchev–Trinajstić information content (AvgIpc) is 2.57. The molecule has 5 nitrogen and oxygen atoms in total. The molecule has 0 heterocycles. The van der Waals surface area contributed by atoms with Crippen molar-refractivity contribution < 1.29 is 14.6 Å². The monoisotopic (exact) mass is 328 g/mol. The van der Waals surface area contributed by atoms with Crippen LogP contribution in [0.15, 0.2) is 48.5 Å². The van der Waals surface area contributed by atoms with Gasteiger partial charge in [0.15, 0.2) is 0 Å². The van der Waals surface area contributed by atoms with Crippen LogP contribution in [-0.4, -0.2) is 42.7 Å². The third kappa shape index (κ3) is 5.37. The molecule has 0 aliphatic heterocycles. The summed E-state index contributed by atoms with van der Waals surface area (Å²) in [6.07, 6.45) is 0. The van der Waals surface area contributed by atoms with Gasteiger partial charge in [-0.15, -0.1) is 0 Å². The lowest BCUT2D eigenvalue weighted by Crippen LogP contribution is -2.35. The van der Waals surface area contributed by atoms with Crippen LogP contribution >= 0.6 is 0 Å². The van der Waals surface area contributed by atoms with E-state index in [-0.39, 0.29) is 19.1 Å². The highest BCUT2D eigenvalue weighted by atomic mass is 16.5. The summed E-state index contributed by atoms with van der Waals surface area (Å²) < 4.78 is 5.35. The number of ether oxygens (including phenoxy) is 1. The number of methoxy groups -OCH3 is 1. The molecule has 2 rings (SSSR count). The summed E-state index contributed by atoms with van der Waals surface area (Å²) in [5.74, 6) is 0.668. The first-order valence-corrected chi connectivity index (χ1v) is 7.94. The van der Waals surface area contributed by atoms with Crippen molar-refractivity contribution in [2.24, 2.45) is 0 Å². The molecule has 0 saturated carbocycles. The number of aliphatic hydroxyl groups is 1. The summed E-state index contributed by atoms with van der Waals surface area (Å²) in [5, 5.41) is 12.1. The van der Waals surface area contributed by atoms with Gasteiger partial charge in [0.2, 0.25) is 5.91 Å². The fraction of sp³-hybridized carbons (Fsp3) is 0.316. The number of amides is 1.